The molecule has 0 saturated carbocycles. The molecule has 4 heterocycles. The van der Waals surface area contributed by atoms with E-state index in [9.17, 15) is 4.79 Å². The van der Waals surface area contributed by atoms with Crippen LogP contribution in [0.4, 0.5) is 0 Å². The van der Waals surface area contributed by atoms with Crippen molar-refractivity contribution >= 4 is 16.6 Å². The highest BCUT2D eigenvalue weighted by molar-refractivity contribution is 5.84. The predicted molar refractivity (Wildman–Crippen MR) is 105 cm³/mol. The Morgan fingerprint density at radius 2 is 2.11 bits per heavy atom. The van der Waals surface area contributed by atoms with Gasteiger partial charge >= 0.3 is 0 Å². The van der Waals surface area contributed by atoms with Gasteiger partial charge in [-0.3, -0.25) is 14.6 Å². The van der Waals surface area contributed by atoms with Gasteiger partial charge in [0.1, 0.15) is 11.3 Å². The average Bonchev–Trinajstić information content (AvgIpc) is 3.37. The van der Waals surface area contributed by atoms with Gasteiger partial charge in [-0.1, -0.05) is 13.0 Å². The first kappa shape index (κ1) is 16.5. The van der Waals surface area contributed by atoms with Gasteiger partial charge in [-0.25, -0.2) is 14.5 Å². The largest absolute Gasteiger partial charge is 0.441 e. The summed E-state index contributed by atoms with van der Waals surface area (Å²) < 4.78 is 9.14. The van der Waals surface area contributed by atoms with Crippen LogP contribution in [-0.4, -0.2) is 29.4 Å². The van der Waals surface area contributed by atoms with Crippen molar-refractivity contribution < 1.29 is 4.42 Å². The number of nitrogens with zero attached hydrogens (tertiary/aromatic N) is 5. The third-order valence-corrected chi connectivity index (χ3v) is 4.72. The summed E-state index contributed by atoms with van der Waals surface area (Å²) >= 11 is 0. The maximum absolute atomic E-state index is 12.4. The second-order valence-electron chi connectivity index (χ2n) is 6.74. The van der Waals surface area contributed by atoms with Crippen molar-refractivity contribution in [2.75, 3.05) is 0 Å². The number of hydrogen-bond acceptors (Lipinski definition) is 5. The number of aromatic nitrogens is 6. The highest BCUT2D eigenvalue weighted by Gasteiger charge is 2.18. The van der Waals surface area contributed by atoms with Gasteiger partial charge in [0.2, 0.25) is 5.89 Å². The maximum atomic E-state index is 12.4. The minimum Gasteiger partial charge on any atom is -0.441 e. The van der Waals surface area contributed by atoms with E-state index in [1.807, 2.05) is 23.0 Å². The van der Waals surface area contributed by atoms with E-state index in [-0.39, 0.29) is 11.4 Å². The van der Waals surface area contributed by atoms with Crippen LogP contribution < -0.4 is 5.56 Å². The summed E-state index contributed by atoms with van der Waals surface area (Å²) in [5.41, 5.74) is 3.32. The Labute approximate surface area is 159 Å². The molecule has 0 unspecified atom stereocenters. The molecule has 0 aliphatic rings. The fraction of sp³-hybridized carbons (Fsp3) is 0.200. The van der Waals surface area contributed by atoms with Crippen LogP contribution in [-0.2, 0) is 6.54 Å². The van der Waals surface area contributed by atoms with E-state index in [1.54, 1.807) is 23.8 Å². The highest BCUT2D eigenvalue weighted by Crippen LogP contribution is 2.26. The average molecular weight is 374 g/mol. The van der Waals surface area contributed by atoms with Crippen LogP contribution >= 0.6 is 0 Å². The summed E-state index contributed by atoms with van der Waals surface area (Å²) in [7, 11) is 0. The lowest BCUT2D eigenvalue weighted by atomic mass is 10.1. The fourth-order valence-corrected chi connectivity index (χ4v) is 3.41. The standard InChI is InChI=1S/C20H18N6O2/c1-3-7-25-16-5-4-13(9-14(16)11-22-25)15-6-8-26-18(23-15)17(19(27)24-26)20-21-10-12(2)28-20/h4-6,8-11H,3,7H2,1-2H3,(H,24,27). The summed E-state index contributed by atoms with van der Waals surface area (Å²) in [5.74, 6) is 0.904. The number of fused-ring (bicyclic) bond motifs is 2. The summed E-state index contributed by atoms with van der Waals surface area (Å²) in [4.78, 5) is 21.3. The Morgan fingerprint density at radius 3 is 2.89 bits per heavy atom. The Hall–Kier alpha value is -3.68. The topological polar surface area (TPSA) is 94.0 Å². The molecule has 0 radical (unpaired) electrons. The molecule has 0 spiro atoms. The number of benzene rings is 1. The Kier molecular flexibility index (Phi) is 3.65. The van der Waals surface area contributed by atoms with Crippen LogP contribution in [0, 0.1) is 6.92 Å². The van der Waals surface area contributed by atoms with E-state index in [2.05, 4.69) is 34.2 Å². The molecule has 0 atom stereocenters. The zero-order valence-electron chi connectivity index (χ0n) is 15.5. The summed E-state index contributed by atoms with van der Waals surface area (Å²) in [6.45, 7) is 4.81. The molecule has 0 fully saturated rings. The van der Waals surface area contributed by atoms with Crippen molar-refractivity contribution in [2.45, 2.75) is 26.8 Å². The SMILES string of the molecule is CCCn1ncc2cc(-c3ccn4[nH]c(=O)c(-c5ncc(C)o5)c4n3)ccc21. The van der Waals surface area contributed by atoms with Gasteiger partial charge in [0.15, 0.2) is 5.65 Å². The molecule has 0 aliphatic carbocycles. The van der Waals surface area contributed by atoms with Gasteiger partial charge < -0.3 is 4.42 Å². The van der Waals surface area contributed by atoms with Gasteiger partial charge in [-0.2, -0.15) is 5.10 Å². The molecule has 5 aromatic rings. The number of nitrogens with one attached hydrogen (secondary N) is 1. The lowest BCUT2D eigenvalue weighted by Crippen LogP contribution is -2.02. The Morgan fingerprint density at radius 1 is 1.21 bits per heavy atom. The van der Waals surface area contributed by atoms with Crippen LogP contribution in [0.2, 0.25) is 0 Å². The van der Waals surface area contributed by atoms with Crippen molar-refractivity contribution in [3.63, 3.8) is 0 Å². The molecule has 8 heteroatoms. The van der Waals surface area contributed by atoms with E-state index in [0.29, 0.717) is 17.0 Å². The van der Waals surface area contributed by atoms with Crippen LogP contribution in [0.25, 0.3) is 39.3 Å². The monoisotopic (exact) mass is 374 g/mol. The molecular weight excluding hydrogens is 356 g/mol. The number of H-pyrrole nitrogens is 1. The van der Waals surface area contributed by atoms with Crippen molar-refractivity contribution in [1.82, 2.24) is 29.4 Å². The van der Waals surface area contributed by atoms with Gasteiger partial charge in [0, 0.05) is 23.7 Å². The minimum absolute atomic E-state index is 0.266. The van der Waals surface area contributed by atoms with Crippen LogP contribution in [0.5, 0.6) is 0 Å². The smallest absolute Gasteiger partial charge is 0.279 e. The molecule has 4 aromatic heterocycles. The quantitative estimate of drug-likeness (QED) is 0.520. The third-order valence-electron chi connectivity index (χ3n) is 4.72. The van der Waals surface area contributed by atoms with Crippen molar-refractivity contribution in [3.8, 4) is 22.7 Å². The molecule has 28 heavy (non-hydrogen) atoms. The predicted octanol–water partition coefficient (Wildman–Crippen LogP) is 3.41. The first-order valence-electron chi connectivity index (χ1n) is 9.14. The molecule has 5 rings (SSSR count). The van der Waals surface area contributed by atoms with Crippen LogP contribution in [0.3, 0.4) is 0 Å². The second-order valence-corrected chi connectivity index (χ2v) is 6.74. The minimum atomic E-state index is -0.289. The van der Waals surface area contributed by atoms with Crippen molar-refractivity contribution in [3.05, 3.63) is 59.0 Å². The number of hydrogen-bond donors (Lipinski definition) is 1. The third kappa shape index (κ3) is 2.53. The van der Waals surface area contributed by atoms with E-state index in [1.165, 1.54) is 0 Å². The van der Waals surface area contributed by atoms with Crippen molar-refractivity contribution in [1.29, 1.82) is 0 Å². The van der Waals surface area contributed by atoms with E-state index in [0.717, 1.165) is 35.1 Å². The van der Waals surface area contributed by atoms with Crippen LogP contribution in [0.1, 0.15) is 19.1 Å². The zero-order chi connectivity index (χ0) is 19.3. The van der Waals surface area contributed by atoms with Gasteiger partial charge in [0.25, 0.3) is 5.56 Å². The first-order chi connectivity index (χ1) is 13.6. The molecule has 0 bridgehead atoms. The van der Waals surface area contributed by atoms with Gasteiger partial charge in [0.05, 0.1) is 23.6 Å². The maximum Gasteiger partial charge on any atom is 0.279 e. The molecule has 1 aromatic carbocycles. The number of oxazole rings is 1. The molecule has 0 saturated heterocycles. The number of aryl methyl sites for hydroxylation is 2. The summed E-state index contributed by atoms with van der Waals surface area (Å²) in [6.07, 6.45) is 6.27. The summed E-state index contributed by atoms with van der Waals surface area (Å²) in [6, 6.07) is 8.01. The number of aromatic amines is 1. The normalized spacial score (nSPS) is 11.6. The number of rotatable bonds is 4. The van der Waals surface area contributed by atoms with Gasteiger partial charge in [-0.05, 0) is 31.5 Å². The van der Waals surface area contributed by atoms with E-state index in [4.69, 9.17) is 9.40 Å². The van der Waals surface area contributed by atoms with Crippen LogP contribution in [0.15, 0.2) is 52.1 Å². The molecule has 8 nitrogen and oxygen atoms in total. The van der Waals surface area contributed by atoms with Crippen molar-refractivity contribution in [2.24, 2.45) is 0 Å². The van der Waals surface area contributed by atoms with E-state index < -0.39 is 0 Å². The Bertz CT molecular complexity index is 1370. The molecule has 0 amide bonds. The lowest BCUT2D eigenvalue weighted by Gasteiger charge is -2.04. The zero-order valence-corrected chi connectivity index (χ0v) is 15.5. The molecule has 1 N–H and O–H groups in total. The molecule has 0 aliphatic heterocycles. The van der Waals surface area contributed by atoms with Gasteiger partial charge in [-0.15, -0.1) is 0 Å². The first-order valence-corrected chi connectivity index (χ1v) is 9.14. The molecular formula is C20H18N6O2. The Balaban J connectivity index is 1.65. The second kappa shape index (κ2) is 6.19. The lowest BCUT2D eigenvalue weighted by molar-refractivity contribution is 0.542. The fourth-order valence-electron chi connectivity index (χ4n) is 3.41. The summed E-state index contributed by atoms with van der Waals surface area (Å²) in [5, 5.41) is 8.26. The van der Waals surface area contributed by atoms with E-state index >= 15 is 0 Å². The highest BCUT2D eigenvalue weighted by atomic mass is 16.4. The molecule has 140 valence electrons.